The van der Waals surface area contributed by atoms with Crippen molar-refractivity contribution in [2.75, 3.05) is 30.1 Å². The number of piperazine rings is 1. The molecule has 0 bridgehead atoms. The summed E-state index contributed by atoms with van der Waals surface area (Å²) < 4.78 is 30.1. The first-order valence-electron chi connectivity index (χ1n) is 9.43. The lowest BCUT2D eigenvalue weighted by molar-refractivity contribution is -0.123. The summed E-state index contributed by atoms with van der Waals surface area (Å²) in [6.07, 6.45) is 0. The van der Waals surface area contributed by atoms with Crippen LogP contribution in [0.4, 0.5) is 5.69 Å². The van der Waals surface area contributed by atoms with E-state index in [-0.39, 0.29) is 30.0 Å². The lowest BCUT2D eigenvalue weighted by atomic mass is 10.0. The number of halogens is 1. The Kier molecular flexibility index (Phi) is 5.31. The van der Waals surface area contributed by atoms with E-state index in [4.69, 9.17) is 16.3 Å². The van der Waals surface area contributed by atoms with Gasteiger partial charge in [0.1, 0.15) is 5.75 Å². The largest absolute Gasteiger partial charge is 0.495 e. The Hall–Kier alpha value is -2.09. The number of anilines is 1. The van der Waals surface area contributed by atoms with E-state index in [0.717, 1.165) is 11.1 Å². The van der Waals surface area contributed by atoms with Crippen molar-refractivity contribution in [3.63, 3.8) is 0 Å². The number of amides is 1. The molecule has 4 rings (SSSR count). The maximum atomic E-state index is 13.1. The summed E-state index contributed by atoms with van der Waals surface area (Å²) >= 11 is 6.25. The van der Waals surface area contributed by atoms with Crippen molar-refractivity contribution < 1.29 is 17.9 Å². The first-order chi connectivity index (χ1) is 13.8. The van der Waals surface area contributed by atoms with Crippen LogP contribution in [0.2, 0.25) is 5.02 Å². The van der Waals surface area contributed by atoms with Gasteiger partial charge in [-0.05, 0) is 30.7 Å². The quantitative estimate of drug-likeness (QED) is 0.740. The lowest BCUT2D eigenvalue weighted by Gasteiger charge is -2.43. The summed E-state index contributed by atoms with van der Waals surface area (Å²) in [6, 6.07) is 12.5. The second-order valence-electron chi connectivity index (χ2n) is 7.68. The van der Waals surface area contributed by atoms with E-state index in [0.29, 0.717) is 23.0 Å². The number of carbonyl (C=O) groups excluding carboxylic acids is 1. The Morgan fingerprint density at radius 1 is 1.10 bits per heavy atom. The average Bonchev–Trinajstić information content (AvgIpc) is 2.99. The minimum atomic E-state index is -3.24. The van der Waals surface area contributed by atoms with Gasteiger partial charge in [0.05, 0.1) is 36.2 Å². The number of benzene rings is 2. The van der Waals surface area contributed by atoms with E-state index in [1.54, 1.807) is 23.1 Å². The predicted octanol–water partition coefficient (Wildman–Crippen LogP) is 2.67. The number of hydrogen-bond acceptors (Lipinski definition) is 5. The van der Waals surface area contributed by atoms with Crippen molar-refractivity contribution >= 4 is 33.0 Å². The van der Waals surface area contributed by atoms with Crippen LogP contribution >= 0.6 is 11.6 Å². The van der Waals surface area contributed by atoms with Crippen molar-refractivity contribution in [2.45, 2.75) is 25.6 Å². The zero-order chi connectivity index (χ0) is 20.8. The fourth-order valence-electron chi connectivity index (χ4n) is 4.20. The maximum Gasteiger partial charge on any atom is 0.241 e. The van der Waals surface area contributed by atoms with Gasteiger partial charge in [-0.1, -0.05) is 41.4 Å². The molecule has 2 heterocycles. The number of hydrogen-bond donors (Lipinski definition) is 0. The zero-order valence-corrected chi connectivity index (χ0v) is 17.9. The number of nitrogens with zero attached hydrogens (tertiary/aromatic N) is 2. The molecule has 2 saturated heterocycles. The number of rotatable bonds is 4. The third-order valence-corrected chi connectivity index (χ3v) is 7.62. The van der Waals surface area contributed by atoms with Gasteiger partial charge in [-0.25, -0.2) is 8.42 Å². The molecule has 29 heavy (non-hydrogen) atoms. The third kappa shape index (κ3) is 3.99. The summed E-state index contributed by atoms with van der Waals surface area (Å²) in [5, 5.41) is 0.386. The van der Waals surface area contributed by atoms with Crippen molar-refractivity contribution in [1.82, 2.24) is 4.90 Å². The number of ether oxygens (including phenoxy) is 1. The van der Waals surface area contributed by atoms with Crippen LogP contribution in [0.15, 0.2) is 42.5 Å². The van der Waals surface area contributed by atoms with Gasteiger partial charge in [0.15, 0.2) is 9.84 Å². The van der Waals surface area contributed by atoms with E-state index in [1.165, 1.54) is 7.11 Å². The highest BCUT2D eigenvalue weighted by atomic mass is 35.5. The molecule has 0 aromatic heterocycles. The second-order valence-corrected chi connectivity index (χ2v) is 10.2. The van der Waals surface area contributed by atoms with Gasteiger partial charge in [-0.2, -0.15) is 0 Å². The molecule has 2 aromatic rings. The summed E-state index contributed by atoms with van der Waals surface area (Å²) in [5.41, 5.74) is 2.82. The highest BCUT2D eigenvalue weighted by Gasteiger charge is 2.49. The SMILES string of the molecule is COc1ccc(N2C(=O)CN(Cc3ccc(C)cc3)C3CS(=O)(=O)CC32)cc1Cl. The number of sulfone groups is 1. The van der Waals surface area contributed by atoms with E-state index in [2.05, 4.69) is 0 Å². The van der Waals surface area contributed by atoms with Crippen LogP contribution in [0.1, 0.15) is 11.1 Å². The highest BCUT2D eigenvalue weighted by molar-refractivity contribution is 7.91. The van der Waals surface area contributed by atoms with Crippen LogP contribution < -0.4 is 9.64 Å². The Balaban J connectivity index is 1.66. The lowest BCUT2D eigenvalue weighted by Crippen LogP contribution is -2.61. The minimum absolute atomic E-state index is 0.0442. The van der Waals surface area contributed by atoms with Gasteiger partial charge in [0, 0.05) is 18.3 Å². The molecular formula is C21H23ClN2O4S. The molecule has 154 valence electrons. The van der Waals surface area contributed by atoms with Crippen molar-refractivity contribution in [3.8, 4) is 5.75 Å². The zero-order valence-electron chi connectivity index (χ0n) is 16.3. The maximum absolute atomic E-state index is 13.1. The molecule has 0 saturated carbocycles. The highest BCUT2D eigenvalue weighted by Crippen LogP contribution is 2.35. The van der Waals surface area contributed by atoms with Gasteiger partial charge in [-0.3, -0.25) is 9.69 Å². The number of carbonyl (C=O) groups is 1. The molecule has 0 radical (unpaired) electrons. The summed E-state index contributed by atoms with van der Waals surface area (Å²) in [4.78, 5) is 16.7. The number of methoxy groups -OCH3 is 1. The third-order valence-electron chi connectivity index (χ3n) is 5.62. The predicted molar refractivity (Wildman–Crippen MR) is 113 cm³/mol. The van der Waals surface area contributed by atoms with Gasteiger partial charge in [0.25, 0.3) is 0 Å². The Labute approximate surface area is 175 Å². The standard InChI is InChI=1S/C21H23ClN2O4S/c1-14-3-5-15(6-4-14)10-23-11-21(25)24(19-13-29(26,27)12-18(19)23)16-7-8-20(28-2)17(22)9-16/h3-9,18-19H,10-13H2,1-2H3. The first-order valence-corrected chi connectivity index (χ1v) is 11.6. The molecule has 6 nitrogen and oxygen atoms in total. The van der Waals surface area contributed by atoms with Crippen molar-refractivity contribution in [1.29, 1.82) is 0 Å². The van der Waals surface area contributed by atoms with E-state index < -0.39 is 15.9 Å². The second kappa shape index (κ2) is 7.63. The van der Waals surface area contributed by atoms with Crippen LogP contribution in [0.25, 0.3) is 0 Å². The van der Waals surface area contributed by atoms with Gasteiger partial charge in [-0.15, -0.1) is 0 Å². The minimum Gasteiger partial charge on any atom is -0.495 e. The Morgan fingerprint density at radius 3 is 2.45 bits per heavy atom. The molecule has 2 atom stereocenters. The van der Waals surface area contributed by atoms with Gasteiger partial charge < -0.3 is 9.64 Å². The molecule has 1 amide bonds. The van der Waals surface area contributed by atoms with Crippen molar-refractivity contribution in [2.24, 2.45) is 0 Å². The molecule has 2 unspecified atom stereocenters. The Morgan fingerprint density at radius 2 is 1.79 bits per heavy atom. The monoisotopic (exact) mass is 434 g/mol. The number of aryl methyl sites for hydroxylation is 1. The molecule has 2 fully saturated rings. The van der Waals surface area contributed by atoms with Crippen LogP contribution in [-0.4, -0.2) is 56.5 Å². The van der Waals surface area contributed by atoms with Crippen LogP contribution in [-0.2, 0) is 21.2 Å². The molecule has 8 heteroatoms. The van der Waals surface area contributed by atoms with E-state index in [1.807, 2.05) is 36.1 Å². The molecule has 0 N–H and O–H groups in total. The fourth-order valence-corrected chi connectivity index (χ4v) is 6.43. The van der Waals surface area contributed by atoms with Crippen LogP contribution in [0.3, 0.4) is 0 Å². The van der Waals surface area contributed by atoms with Crippen LogP contribution in [0, 0.1) is 6.92 Å². The Bertz CT molecular complexity index is 1040. The first kappa shape index (κ1) is 20.2. The summed E-state index contributed by atoms with van der Waals surface area (Å²) in [6.45, 7) is 2.72. The molecule has 2 aromatic carbocycles. The van der Waals surface area contributed by atoms with E-state index in [9.17, 15) is 13.2 Å². The summed E-state index contributed by atoms with van der Waals surface area (Å²) in [5.74, 6) is 0.391. The molecule has 0 aliphatic carbocycles. The molecular weight excluding hydrogens is 412 g/mol. The molecule has 0 spiro atoms. The number of fused-ring (bicyclic) bond motifs is 1. The molecule has 2 aliphatic rings. The molecule has 2 aliphatic heterocycles. The van der Waals surface area contributed by atoms with Crippen LogP contribution in [0.5, 0.6) is 5.75 Å². The average molecular weight is 435 g/mol. The summed E-state index contributed by atoms with van der Waals surface area (Å²) in [7, 11) is -1.72. The van der Waals surface area contributed by atoms with Gasteiger partial charge >= 0.3 is 0 Å². The van der Waals surface area contributed by atoms with Gasteiger partial charge in [0.2, 0.25) is 5.91 Å². The smallest absolute Gasteiger partial charge is 0.241 e. The van der Waals surface area contributed by atoms with E-state index >= 15 is 0 Å². The normalized spacial score (nSPS) is 23.8. The fraction of sp³-hybridized carbons (Fsp3) is 0.381. The topological polar surface area (TPSA) is 66.9 Å². The van der Waals surface area contributed by atoms with Crippen molar-refractivity contribution in [3.05, 3.63) is 58.6 Å².